The Morgan fingerprint density at radius 3 is 2.88 bits per heavy atom. The van der Waals surface area contributed by atoms with E-state index in [1.165, 1.54) is 24.0 Å². The number of fused-ring (bicyclic) bond motifs is 1. The SMILES string of the molecule is O=C(c1cccc2c1CCNC2)C1CCCC1. The number of hydrogen-bond acceptors (Lipinski definition) is 2. The largest absolute Gasteiger partial charge is 0.312 e. The first-order chi connectivity index (χ1) is 8.36. The van der Waals surface area contributed by atoms with Gasteiger partial charge in [0, 0.05) is 18.0 Å². The van der Waals surface area contributed by atoms with Gasteiger partial charge in [-0.15, -0.1) is 0 Å². The molecule has 0 spiro atoms. The van der Waals surface area contributed by atoms with Gasteiger partial charge < -0.3 is 5.32 Å². The van der Waals surface area contributed by atoms with Crippen LogP contribution in [-0.2, 0) is 13.0 Å². The second-order valence-electron chi connectivity index (χ2n) is 5.22. The number of carbonyl (C=O) groups excluding carboxylic acids is 1. The van der Waals surface area contributed by atoms with Gasteiger partial charge in [-0.25, -0.2) is 0 Å². The Balaban J connectivity index is 1.94. The van der Waals surface area contributed by atoms with Gasteiger partial charge in [-0.2, -0.15) is 0 Å². The molecule has 2 heteroatoms. The molecule has 1 aromatic rings. The lowest BCUT2D eigenvalue weighted by atomic mass is 9.88. The molecule has 0 aromatic heterocycles. The number of hydrogen-bond donors (Lipinski definition) is 1. The van der Waals surface area contributed by atoms with Crippen LogP contribution >= 0.6 is 0 Å². The molecule has 0 unspecified atom stereocenters. The summed E-state index contributed by atoms with van der Waals surface area (Å²) in [4.78, 5) is 12.5. The maximum absolute atomic E-state index is 12.5. The molecule has 17 heavy (non-hydrogen) atoms. The summed E-state index contributed by atoms with van der Waals surface area (Å²) in [6, 6.07) is 6.21. The van der Waals surface area contributed by atoms with Crippen LogP contribution in [-0.4, -0.2) is 12.3 Å². The highest BCUT2D eigenvalue weighted by atomic mass is 16.1. The average Bonchev–Trinajstić information content (AvgIpc) is 2.91. The fourth-order valence-corrected chi connectivity index (χ4v) is 3.17. The lowest BCUT2D eigenvalue weighted by Crippen LogP contribution is -2.26. The van der Waals surface area contributed by atoms with Crippen molar-refractivity contribution in [3.63, 3.8) is 0 Å². The van der Waals surface area contributed by atoms with Gasteiger partial charge >= 0.3 is 0 Å². The molecular formula is C15H19NO. The molecule has 0 radical (unpaired) electrons. The highest BCUT2D eigenvalue weighted by Gasteiger charge is 2.26. The second kappa shape index (κ2) is 4.61. The van der Waals surface area contributed by atoms with E-state index in [0.717, 1.165) is 37.9 Å². The molecule has 3 rings (SSSR count). The molecule has 1 heterocycles. The van der Waals surface area contributed by atoms with Crippen molar-refractivity contribution in [1.29, 1.82) is 0 Å². The predicted octanol–water partition coefficient (Wildman–Crippen LogP) is 2.71. The molecule has 90 valence electrons. The summed E-state index contributed by atoms with van der Waals surface area (Å²) in [5.41, 5.74) is 3.64. The van der Waals surface area contributed by atoms with Crippen molar-refractivity contribution < 1.29 is 4.79 Å². The van der Waals surface area contributed by atoms with Crippen molar-refractivity contribution in [2.75, 3.05) is 6.54 Å². The molecule has 1 aromatic carbocycles. The number of benzene rings is 1. The standard InChI is InChI=1S/C15H19NO/c17-15(11-4-1-2-5-11)14-7-3-6-12-10-16-9-8-13(12)14/h3,6-7,11,16H,1-2,4-5,8-10H2. The molecule has 0 saturated heterocycles. The average molecular weight is 229 g/mol. The Bertz CT molecular complexity index is 433. The molecule has 0 amide bonds. The second-order valence-corrected chi connectivity index (χ2v) is 5.22. The van der Waals surface area contributed by atoms with Crippen molar-refractivity contribution in [2.24, 2.45) is 5.92 Å². The summed E-state index contributed by atoms with van der Waals surface area (Å²) in [5, 5.41) is 3.37. The molecule has 1 fully saturated rings. The third-order valence-corrected chi connectivity index (χ3v) is 4.13. The van der Waals surface area contributed by atoms with Crippen LogP contribution in [0.15, 0.2) is 18.2 Å². The normalized spacial score (nSPS) is 20.2. The zero-order valence-corrected chi connectivity index (χ0v) is 10.2. The minimum Gasteiger partial charge on any atom is -0.312 e. The van der Waals surface area contributed by atoms with Crippen molar-refractivity contribution in [3.8, 4) is 0 Å². The molecule has 2 nitrogen and oxygen atoms in total. The van der Waals surface area contributed by atoms with Gasteiger partial charge in [0.15, 0.2) is 5.78 Å². The number of ketones is 1. The Hall–Kier alpha value is -1.15. The first-order valence-corrected chi connectivity index (χ1v) is 6.72. The lowest BCUT2D eigenvalue weighted by Gasteiger charge is -2.21. The van der Waals surface area contributed by atoms with E-state index in [1.807, 2.05) is 12.1 Å². The van der Waals surface area contributed by atoms with Crippen molar-refractivity contribution in [3.05, 3.63) is 34.9 Å². The lowest BCUT2D eigenvalue weighted by molar-refractivity contribution is 0.0921. The molecule has 0 bridgehead atoms. The predicted molar refractivity (Wildman–Crippen MR) is 68.1 cm³/mol. The Labute approximate surface area is 102 Å². The molecular weight excluding hydrogens is 210 g/mol. The third-order valence-electron chi connectivity index (χ3n) is 4.13. The van der Waals surface area contributed by atoms with E-state index in [2.05, 4.69) is 11.4 Å². The molecule has 1 aliphatic heterocycles. The Morgan fingerprint density at radius 1 is 1.24 bits per heavy atom. The summed E-state index contributed by atoms with van der Waals surface area (Å²) in [7, 11) is 0. The van der Waals surface area contributed by atoms with E-state index < -0.39 is 0 Å². The van der Waals surface area contributed by atoms with Crippen LogP contribution in [0.2, 0.25) is 0 Å². The Morgan fingerprint density at radius 2 is 2.06 bits per heavy atom. The van der Waals surface area contributed by atoms with Crippen LogP contribution in [0, 0.1) is 5.92 Å². The molecule has 2 aliphatic rings. The maximum Gasteiger partial charge on any atom is 0.166 e. The van der Waals surface area contributed by atoms with E-state index in [1.54, 1.807) is 0 Å². The third kappa shape index (κ3) is 2.02. The van der Waals surface area contributed by atoms with Crippen molar-refractivity contribution in [1.82, 2.24) is 5.32 Å². The van der Waals surface area contributed by atoms with Gasteiger partial charge in [0.25, 0.3) is 0 Å². The number of rotatable bonds is 2. The van der Waals surface area contributed by atoms with Gasteiger partial charge in [0.1, 0.15) is 0 Å². The zero-order valence-electron chi connectivity index (χ0n) is 10.2. The van der Waals surface area contributed by atoms with Crippen LogP contribution in [0.3, 0.4) is 0 Å². The Kier molecular flexibility index (Phi) is 2.98. The van der Waals surface area contributed by atoms with Gasteiger partial charge in [0.2, 0.25) is 0 Å². The van der Waals surface area contributed by atoms with Crippen LogP contribution in [0.4, 0.5) is 0 Å². The van der Waals surface area contributed by atoms with E-state index >= 15 is 0 Å². The minimum atomic E-state index is 0.302. The molecule has 1 N–H and O–H groups in total. The van der Waals surface area contributed by atoms with Gasteiger partial charge in [-0.05, 0) is 36.9 Å². The molecule has 1 saturated carbocycles. The summed E-state index contributed by atoms with van der Waals surface area (Å²) in [5.74, 6) is 0.706. The van der Waals surface area contributed by atoms with E-state index in [4.69, 9.17) is 0 Å². The van der Waals surface area contributed by atoms with Crippen LogP contribution in [0.5, 0.6) is 0 Å². The van der Waals surface area contributed by atoms with Crippen molar-refractivity contribution >= 4 is 5.78 Å². The van der Waals surface area contributed by atoms with E-state index in [9.17, 15) is 4.79 Å². The van der Waals surface area contributed by atoms with Crippen molar-refractivity contribution in [2.45, 2.75) is 38.6 Å². The first kappa shape index (κ1) is 11.0. The van der Waals surface area contributed by atoms with E-state index in [-0.39, 0.29) is 0 Å². The molecule has 0 atom stereocenters. The van der Waals surface area contributed by atoms with Crippen LogP contribution in [0.1, 0.15) is 47.2 Å². The molecule has 1 aliphatic carbocycles. The summed E-state index contributed by atoms with van der Waals surface area (Å²) < 4.78 is 0. The summed E-state index contributed by atoms with van der Waals surface area (Å²) >= 11 is 0. The zero-order chi connectivity index (χ0) is 11.7. The number of carbonyl (C=O) groups is 1. The maximum atomic E-state index is 12.5. The smallest absolute Gasteiger partial charge is 0.166 e. The number of nitrogens with one attached hydrogen (secondary N) is 1. The quantitative estimate of drug-likeness (QED) is 0.790. The summed E-state index contributed by atoms with van der Waals surface area (Å²) in [6.07, 6.45) is 5.66. The monoisotopic (exact) mass is 229 g/mol. The fourth-order valence-electron chi connectivity index (χ4n) is 3.17. The van der Waals surface area contributed by atoms with Gasteiger partial charge in [-0.1, -0.05) is 31.0 Å². The van der Waals surface area contributed by atoms with Crippen LogP contribution < -0.4 is 5.32 Å². The highest BCUT2D eigenvalue weighted by Crippen LogP contribution is 2.30. The van der Waals surface area contributed by atoms with Crippen LogP contribution in [0.25, 0.3) is 0 Å². The van der Waals surface area contributed by atoms with E-state index in [0.29, 0.717) is 11.7 Å². The highest BCUT2D eigenvalue weighted by molar-refractivity contribution is 5.99. The topological polar surface area (TPSA) is 29.1 Å². The van der Waals surface area contributed by atoms with Gasteiger partial charge in [-0.3, -0.25) is 4.79 Å². The first-order valence-electron chi connectivity index (χ1n) is 6.72. The minimum absolute atomic E-state index is 0.302. The van der Waals surface area contributed by atoms with Gasteiger partial charge in [0.05, 0.1) is 0 Å². The summed E-state index contributed by atoms with van der Waals surface area (Å²) in [6.45, 7) is 1.92. The number of Topliss-reactive ketones (excluding diaryl/α,β-unsaturated/α-hetero) is 1. The fraction of sp³-hybridized carbons (Fsp3) is 0.533.